The van der Waals surface area contributed by atoms with Crippen molar-refractivity contribution >= 4 is 28.3 Å². The summed E-state index contributed by atoms with van der Waals surface area (Å²) in [5, 5.41) is 2.47. The van der Waals surface area contributed by atoms with Crippen LogP contribution in [0.4, 0.5) is 18.3 Å². The molecule has 1 N–H and O–H groups in total. The largest absolute Gasteiger partial charge is 0.465 e. The van der Waals surface area contributed by atoms with E-state index >= 15 is 0 Å². The average Bonchev–Trinajstić information content (AvgIpc) is 2.86. The summed E-state index contributed by atoms with van der Waals surface area (Å²) < 4.78 is 42.5. The van der Waals surface area contributed by atoms with Gasteiger partial charge in [0, 0.05) is 5.56 Å². The van der Waals surface area contributed by atoms with Crippen molar-refractivity contribution in [3.05, 3.63) is 46.0 Å². The molecule has 1 aromatic heterocycles. The van der Waals surface area contributed by atoms with Crippen LogP contribution in [-0.4, -0.2) is 24.0 Å². The Labute approximate surface area is 133 Å². The fraction of sp³-hybridized carbons (Fsp3) is 0.214. The standard InChI is InChI=1S/C14H11F3N2O3S/c1-7-10(12(21)22-2)23-13(18-7)19-11(20)8-4-3-5-9(6-8)14(15,16)17/h3-6H,1-2H3,(H,18,19,20). The van der Waals surface area contributed by atoms with Gasteiger partial charge >= 0.3 is 12.1 Å². The van der Waals surface area contributed by atoms with Crippen molar-refractivity contribution in [1.82, 2.24) is 4.98 Å². The molecule has 0 aliphatic carbocycles. The molecule has 0 spiro atoms. The van der Waals surface area contributed by atoms with Crippen molar-refractivity contribution < 1.29 is 27.5 Å². The number of ether oxygens (including phenoxy) is 1. The highest BCUT2D eigenvalue weighted by Gasteiger charge is 2.31. The number of thiazole rings is 1. The van der Waals surface area contributed by atoms with Crippen LogP contribution in [0.5, 0.6) is 0 Å². The smallest absolute Gasteiger partial charge is 0.416 e. The highest BCUT2D eigenvalue weighted by atomic mass is 32.1. The lowest BCUT2D eigenvalue weighted by molar-refractivity contribution is -0.137. The zero-order valence-electron chi connectivity index (χ0n) is 12.0. The van der Waals surface area contributed by atoms with E-state index in [1.54, 1.807) is 6.92 Å². The summed E-state index contributed by atoms with van der Waals surface area (Å²) in [6, 6.07) is 4.02. The van der Waals surface area contributed by atoms with E-state index in [4.69, 9.17) is 0 Å². The van der Waals surface area contributed by atoms with Crippen LogP contribution < -0.4 is 5.32 Å². The molecule has 0 unspecified atom stereocenters. The Morgan fingerprint density at radius 2 is 2.00 bits per heavy atom. The molecule has 0 saturated carbocycles. The Hall–Kier alpha value is -2.42. The highest BCUT2D eigenvalue weighted by Crippen LogP contribution is 2.30. The topological polar surface area (TPSA) is 68.3 Å². The van der Waals surface area contributed by atoms with E-state index < -0.39 is 23.6 Å². The van der Waals surface area contributed by atoms with Crippen molar-refractivity contribution in [1.29, 1.82) is 0 Å². The van der Waals surface area contributed by atoms with Gasteiger partial charge in [-0.2, -0.15) is 13.2 Å². The first-order valence-corrected chi connectivity index (χ1v) is 7.08. The number of aromatic nitrogens is 1. The average molecular weight is 344 g/mol. The maximum absolute atomic E-state index is 12.6. The number of carbonyl (C=O) groups is 2. The Kier molecular flexibility index (Phi) is 4.69. The van der Waals surface area contributed by atoms with Crippen LogP contribution in [0.2, 0.25) is 0 Å². The molecule has 0 fully saturated rings. The Balaban J connectivity index is 2.21. The SMILES string of the molecule is COC(=O)c1sc(NC(=O)c2cccc(C(F)(F)F)c2)nc1C. The van der Waals surface area contributed by atoms with E-state index in [1.165, 1.54) is 13.2 Å². The number of carbonyl (C=O) groups excluding carboxylic acids is 2. The molecule has 2 rings (SSSR count). The van der Waals surface area contributed by atoms with Crippen molar-refractivity contribution in [3.8, 4) is 0 Å². The van der Waals surface area contributed by atoms with Gasteiger partial charge < -0.3 is 4.74 Å². The lowest BCUT2D eigenvalue weighted by atomic mass is 10.1. The summed E-state index contributed by atoms with van der Waals surface area (Å²) in [5.41, 5.74) is -0.718. The molecular weight excluding hydrogens is 333 g/mol. The molecule has 9 heteroatoms. The third-order valence-corrected chi connectivity index (χ3v) is 3.89. The van der Waals surface area contributed by atoms with Gasteiger partial charge in [0.05, 0.1) is 18.4 Å². The molecule has 1 aromatic carbocycles. The van der Waals surface area contributed by atoms with Crippen molar-refractivity contribution in [2.45, 2.75) is 13.1 Å². The van der Waals surface area contributed by atoms with Gasteiger partial charge in [0.2, 0.25) is 0 Å². The summed E-state index contributed by atoms with van der Waals surface area (Å²) in [5.74, 6) is -1.35. The molecule has 0 atom stereocenters. The van der Waals surface area contributed by atoms with Gasteiger partial charge in [-0.25, -0.2) is 9.78 Å². The molecule has 0 bridgehead atoms. The number of anilines is 1. The van der Waals surface area contributed by atoms with E-state index in [-0.39, 0.29) is 15.6 Å². The molecule has 5 nitrogen and oxygen atoms in total. The zero-order chi connectivity index (χ0) is 17.2. The fourth-order valence-electron chi connectivity index (χ4n) is 1.74. The predicted molar refractivity (Wildman–Crippen MR) is 77.6 cm³/mol. The van der Waals surface area contributed by atoms with Gasteiger partial charge in [-0.1, -0.05) is 17.4 Å². The van der Waals surface area contributed by atoms with Crippen LogP contribution in [0.15, 0.2) is 24.3 Å². The van der Waals surface area contributed by atoms with Crippen LogP contribution in [-0.2, 0) is 10.9 Å². The van der Waals surface area contributed by atoms with Crippen LogP contribution in [0.3, 0.4) is 0 Å². The number of alkyl halides is 3. The summed E-state index contributed by atoms with van der Waals surface area (Å²) >= 11 is 0.885. The van der Waals surface area contributed by atoms with E-state index in [0.29, 0.717) is 5.69 Å². The first kappa shape index (κ1) is 16.9. The van der Waals surface area contributed by atoms with Crippen LogP contribution >= 0.6 is 11.3 Å². The highest BCUT2D eigenvalue weighted by molar-refractivity contribution is 7.17. The maximum Gasteiger partial charge on any atom is 0.416 e. The van der Waals surface area contributed by atoms with Gasteiger partial charge in [0.15, 0.2) is 5.13 Å². The van der Waals surface area contributed by atoms with Gasteiger partial charge in [-0.15, -0.1) is 0 Å². The number of aryl methyl sites for hydroxylation is 1. The lowest BCUT2D eigenvalue weighted by Gasteiger charge is -2.08. The Morgan fingerprint density at radius 3 is 2.61 bits per heavy atom. The number of hydrogen-bond acceptors (Lipinski definition) is 5. The summed E-state index contributed by atoms with van der Waals surface area (Å²) in [7, 11) is 1.21. The molecule has 1 heterocycles. The predicted octanol–water partition coefficient (Wildman–Crippen LogP) is 3.51. The number of hydrogen-bond donors (Lipinski definition) is 1. The second kappa shape index (κ2) is 6.37. The number of rotatable bonds is 3. The minimum absolute atomic E-state index is 0.102. The zero-order valence-corrected chi connectivity index (χ0v) is 12.8. The fourth-order valence-corrected chi connectivity index (χ4v) is 2.62. The minimum atomic E-state index is -4.54. The molecule has 0 aliphatic rings. The van der Waals surface area contributed by atoms with Gasteiger partial charge in [0.1, 0.15) is 4.88 Å². The van der Waals surface area contributed by atoms with Crippen molar-refractivity contribution in [3.63, 3.8) is 0 Å². The Bertz CT molecular complexity index is 756. The molecule has 0 aliphatic heterocycles. The summed E-state index contributed by atoms with van der Waals surface area (Å²) in [6.07, 6.45) is -4.54. The van der Waals surface area contributed by atoms with E-state index in [1.807, 2.05) is 0 Å². The number of halogens is 3. The second-order valence-electron chi connectivity index (χ2n) is 4.46. The number of methoxy groups -OCH3 is 1. The first-order valence-electron chi connectivity index (χ1n) is 6.26. The molecule has 0 saturated heterocycles. The molecular formula is C14H11F3N2O3S. The minimum Gasteiger partial charge on any atom is -0.465 e. The summed E-state index contributed by atoms with van der Waals surface area (Å²) in [6.45, 7) is 1.56. The number of nitrogens with zero attached hydrogens (tertiary/aromatic N) is 1. The van der Waals surface area contributed by atoms with Gasteiger partial charge in [-0.05, 0) is 25.1 Å². The van der Waals surface area contributed by atoms with Crippen molar-refractivity contribution in [2.75, 3.05) is 12.4 Å². The third kappa shape index (κ3) is 3.86. The van der Waals surface area contributed by atoms with E-state index in [9.17, 15) is 22.8 Å². The Morgan fingerprint density at radius 1 is 1.30 bits per heavy atom. The molecule has 122 valence electrons. The second-order valence-corrected chi connectivity index (χ2v) is 5.46. The van der Waals surface area contributed by atoms with Gasteiger partial charge in [-0.3, -0.25) is 10.1 Å². The quantitative estimate of drug-likeness (QED) is 0.865. The first-order chi connectivity index (χ1) is 10.7. The van der Waals surface area contributed by atoms with Crippen LogP contribution in [0.25, 0.3) is 0 Å². The van der Waals surface area contributed by atoms with Crippen LogP contribution in [0.1, 0.15) is 31.3 Å². The monoisotopic (exact) mass is 344 g/mol. The molecule has 2 aromatic rings. The lowest BCUT2D eigenvalue weighted by Crippen LogP contribution is -2.13. The normalized spacial score (nSPS) is 11.2. The molecule has 0 radical (unpaired) electrons. The molecule has 23 heavy (non-hydrogen) atoms. The van der Waals surface area contributed by atoms with Gasteiger partial charge in [0.25, 0.3) is 5.91 Å². The maximum atomic E-state index is 12.6. The number of amides is 1. The van der Waals surface area contributed by atoms with E-state index in [2.05, 4.69) is 15.0 Å². The van der Waals surface area contributed by atoms with E-state index in [0.717, 1.165) is 29.5 Å². The number of benzene rings is 1. The number of nitrogens with one attached hydrogen (secondary N) is 1. The van der Waals surface area contributed by atoms with Crippen molar-refractivity contribution in [2.24, 2.45) is 0 Å². The van der Waals surface area contributed by atoms with Crippen LogP contribution in [0, 0.1) is 6.92 Å². The third-order valence-electron chi connectivity index (χ3n) is 2.84. The summed E-state index contributed by atoms with van der Waals surface area (Å²) in [4.78, 5) is 27.7. The number of esters is 1. The molecule has 1 amide bonds.